The molecule has 38 valence electrons. The van der Waals surface area contributed by atoms with Crippen LogP contribution < -0.4 is 17.0 Å². The van der Waals surface area contributed by atoms with Crippen molar-refractivity contribution in [2.24, 2.45) is 0 Å². The van der Waals surface area contributed by atoms with Gasteiger partial charge in [-0.1, -0.05) is 0 Å². The molecule has 1 aromatic carbocycles. The summed E-state index contributed by atoms with van der Waals surface area (Å²) in [6, 6.07) is 0.536. The van der Waals surface area contributed by atoms with E-state index in [0.29, 0.717) is 0 Å². The molecular weight excluding hydrogens is 176 g/mol. The van der Waals surface area contributed by atoms with E-state index >= 15 is 0 Å². The van der Waals surface area contributed by atoms with Crippen LogP contribution in [0.25, 0.3) is 0 Å². The molecule has 8 heavy (non-hydrogen) atoms. The molecular formula is C6H5BrMg. The summed E-state index contributed by atoms with van der Waals surface area (Å²) in [4.78, 5) is 0. The SMILES string of the molecule is [2H]c1[c-]c([2H])c([2H])c([2H])c1[2H].[Br-].[Mg+2]. The zero-order valence-corrected chi connectivity index (χ0v) is 7.09. The van der Waals surface area contributed by atoms with Crippen molar-refractivity contribution < 1.29 is 23.8 Å². The Balaban J connectivity index is 0. The first-order valence-corrected chi connectivity index (χ1v) is 1.50. The maximum Gasteiger partial charge on any atom is 2.00 e. The Hall–Kier alpha value is 0.466. The van der Waals surface area contributed by atoms with Crippen molar-refractivity contribution in [3.63, 3.8) is 0 Å². The standard InChI is InChI=1S/C6H5.BrH.Mg/c1-2-4-6-5-3-1;;/h1-5H;1H;/q-1;;+2/p-1/i1D,2D,3D,4D,5D;;. The van der Waals surface area contributed by atoms with Crippen molar-refractivity contribution in [3.05, 3.63) is 36.3 Å². The Labute approximate surface area is 83.2 Å². The minimum Gasteiger partial charge on any atom is -1.00 e. The second-order valence-electron chi connectivity index (χ2n) is 0.750. The van der Waals surface area contributed by atoms with E-state index in [9.17, 15) is 0 Å². The van der Waals surface area contributed by atoms with Crippen molar-refractivity contribution in [1.82, 2.24) is 0 Å². The van der Waals surface area contributed by atoms with E-state index in [1.54, 1.807) is 0 Å². The van der Waals surface area contributed by atoms with E-state index in [2.05, 4.69) is 6.07 Å². The van der Waals surface area contributed by atoms with Gasteiger partial charge in [0, 0.05) is 4.11 Å². The zero-order valence-electron chi connectivity index (χ0n) is 9.09. The van der Waals surface area contributed by atoms with Crippen molar-refractivity contribution in [2.75, 3.05) is 0 Å². The van der Waals surface area contributed by atoms with E-state index < -0.39 is 0 Å². The number of hydrogen-bond donors (Lipinski definition) is 0. The molecule has 0 aliphatic heterocycles. The van der Waals surface area contributed by atoms with Crippen LogP contribution in [0.5, 0.6) is 0 Å². The summed E-state index contributed by atoms with van der Waals surface area (Å²) in [5, 5.41) is 0. The smallest absolute Gasteiger partial charge is 1.00 e. The number of hydrogen-bond acceptors (Lipinski definition) is 0. The average Bonchev–Trinajstić information content (AvgIpc) is 1.97. The van der Waals surface area contributed by atoms with Crippen LogP contribution in [0.2, 0.25) is 0 Å². The molecule has 0 heterocycles. The number of benzene rings is 1. The van der Waals surface area contributed by atoms with E-state index in [1.807, 2.05) is 0 Å². The molecule has 0 nitrogen and oxygen atoms in total. The third kappa shape index (κ3) is 4.62. The van der Waals surface area contributed by atoms with Gasteiger partial charge < -0.3 is 17.0 Å². The molecule has 0 bridgehead atoms. The Morgan fingerprint density at radius 2 is 1.62 bits per heavy atom. The molecule has 0 aliphatic rings. The minimum atomic E-state index is -0.376. The summed E-state index contributed by atoms with van der Waals surface area (Å²) in [6.45, 7) is 0. The van der Waals surface area contributed by atoms with Gasteiger partial charge in [-0.25, -0.2) is 0 Å². The minimum absolute atomic E-state index is 0. The van der Waals surface area contributed by atoms with E-state index in [4.69, 9.17) is 6.85 Å². The molecule has 0 fully saturated rings. The Kier molecular flexibility index (Phi) is 3.35. The average molecular weight is 186 g/mol. The first kappa shape index (κ1) is 3.59. The zero-order chi connectivity index (χ0) is 8.59. The summed E-state index contributed by atoms with van der Waals surface area (Å²) < 4.78 is 35.3. The van der Waals surface area contributed by atoms with Crippen molar-refractivity contribution in [1.29, 1.82) is 0 Å². The quantitative estimate of drug-likeness (QED) is 0.328. The van der Waals surface area contributed by atoms with Gasteiger partial charge in [-0.3, -0.25) is 0 Å². The monoisotopic (exact) mass is 185 g/mol. The number of rotatable bonds is 0. The molecule has 0 saturated carbocycles. The van der Waals surface area contributed by atoms with Gasteiger partial charge in [-0.2, -0.15) is 36.3 Å². The molecule has 0 N–H and O–H groups in total. The van der Waals surface area contributed by atoms with Crippen molar-refractivity contribution in [3.8, 4) is 0 Å². The second kappa shape index (κ2) is 7.47. The van der Waals surface area contributed by atoms with E-state index in [0.717, 1.165) is 0 Å². The van der Waals surface area contributed by atoms with Crippen LogP contribution >= 0.6 is 0 Å². The van der Waals surface area contributed by atoms with Crippen LogP contribution in [0.3, 0.4) is 0 Å². The predicted molar refractivity (Wildman–Crippen MR) is 31.0 cm³/mol. The van der Waals surface area contributed by atoms with Gasteiger partial charge in [0.15, 0.2) is 0 Å². The Bertz CT molecular complexity index is 277. The molecule has 0 radical (unpaired) electrons. The maximum absolute atomic E-state index is 7.09. The molecule has 1 aromatic rings. The second-order valence-corrected chi connectivity index (χ2v) is 0.750. The van der Waals surface area contributed by atoms with Crippen LogP contribution in [0, 0.1) is 6.07 Å². The number of halogens is 1. The summed E-state index contributed by atoms with van der Waals surface area (Å²) in [7, 11) is 0. The van der Waals surface area contributed by atoms with Crippen molar-refractivity contribution >= 4 is 23.1 Å². The Morgan fingerprint density at radius 3 is 2.12 bits per heavy atom. The Morgan fingerprint density at radius 1 is 1.12 bits per heavy atom. The van der Waals surface area contributed by atoms with Crippen molar-refractivity contribution in [2.45, 2.75) is 0 Å². The van der Waals surface area contributed by atoms with Gasteiger partial charge in [0.25, 0.3) is 0 Å². The van der Waals surface area contributed by atoms with Gasteiger partial charge in [-0.15, -0.1) is 0 Å². The van der Waals surface area contributed by atoms with Crippen LogP contribution in [-0.4, -0.2) is 23.1 Å². The van der Waals surface area contributed by atoms with Crippen LogP contribution in [0.1, 0.15) is 6.85 Å². The van der Waals surface area contributed by atoms with Gasteiger partial charge in [0.05, 0.1) is 0 Å². The summed E-state index contributed by atoms with van der Waals surface area (Å²) >= 11 is 0. The third-order valence-corrected chi connectivity index (χ3v) is 0.375. The first-order valence-electron chi connectivity index (χ1n) is 4.00. The fourth-order valence-electron chi connectivity index (χ4n) is 0.188. The normalized spacial score (nSPS) is 14.8. The van der Waals surface area contributed by atoms with Crippen LogP contribution in [-0.2, 0) is 0 Å². The maximum atomic E-state index is 7.09. The first-order chi connectivity index (χ1) is 5.04. The molecule has 1 rings (SSSR count). The molecule has 0 spiro atoms. The van der Waals surface area contributed by atoms with E-state index in [1.165, 1.54) is 0 Å². The molecule has 0 aliphatic carbocycles. The summed E-state index contributed by atoms with van der Waals surface area (Å²) in [6.07, 6.45) is 0. The molecule has 2 heteroatoms. The molecule has 0 aromatic heterocycles. The van der Waals surface area contributed by atoms with Crippen LogP contribution in [0.15, 0.2) is 30.2 Å². The summed E-state index contributed by atoms with van der Waals surface area (Å²) in [5.74, 6) is 0. The summed E-state index contributed by atoms with van der Waals surface area (Å²) in [5.41, 5.74) is 0. The fourth-order valence-corrected chi connectivity index (χ4v) is 0.188. The van der Waals surface area contributed by atoms with E-state index in [-0.39, 0.29) is 70.2 Å². The van der Waals surface area contributed by atoms with Gasteiger partial charge in [-0.05, 0) is 2.74 Å². The fraction of sp³-hybridized carbons (Fsp3) is 0. The van der Waals surface area contributed by atoms with Gasteiger partial charge >= 0.3 is 23.1 Å². The topological polar surface area (TPSA) is 0 Å². The van der Waals surface area contributed by atoms with Gasteiger partial charge in [0.1, 0.15) is 0 Å². The largest absolute Gasteiger partial charge is 2.00 e. The molecule has 0 atom stereocenters. The van der Waals surface area contributed by atoms with Crippen LogP contribution in [0.4, 0.5) is 0 Å². The molecule has 0 saturated heterocycles. The molecule has 0 amide bonds. The third-order valence-electron chi connectivity index (χ3n) is 0.375. The predicted octanol–water partition coefficient (Wildman–Crippen LogP) is -1.89. The molecule has 0 unspecified atom stereocenters. The van der Waals surface area contributed by atoms with Gasteiger partial charge in [0.2, 0.25) is 0 Å².